The van der Waals surface area contributed by atoms with Crippen molar-refractivity contribution in [3.63, 3.8) is 0 Å². The second-order valence-electron chi connectivity index (χ2n) is 3.65. The summed E-state index contributed by atoms with van der Waals surface area (Å²) in [5, 5.41) is 18.4. The van der Waals surface area contributed by atoms with Crippen LogP contribution in [-0.2, 0) is 0 Å². The summed E-state index contributed by atoms with van der Waals surface area (Å²) in [4.78, 5) is 0. The minimum atomic E-state index is -0.387. The lowest BCUT2D eigenvalue weighted by Crippen LogP contribution is -1.98. The molecular formula is C12H18O2. The molecule has 1 aromatic rings. The van der Waals surface area contributed by atoms with Gasteiger partial charge in [0, 0.05) is 6.61 Å². The SMILES string of the molecule is Cc1ccc([C@@H](O)CCCCO)cc1. The molecule has 0 saturated carbocycles. The molecule has 0 aromatic heterocycles. The normalized spacial score (nSPS) is 12.8. The molecule has 0 radical (unpaired) electrons. The van der Waals surface area contributed by atoms with Crippen LogP contribution >= 0.6 is 0 Å². The zero-order valence-corrected chi connectivity index (χ0v) is 8.61. The number of hydrogen-bond donors (Lipinski definition) is 2. The van der Waals surface area contributed by atoms with Crippen LogP contribution in [-0.4, -0.2) is 16.8 Å². The van der Waals surface area contributed by atoms with Crippen molar-refractivity contribution in [3.05, 3.63) is 35.4 Å². The van der Waals surface area contributed by atoms with Crippen molar-refractivity contribution in [2.45, 2.75) is 32.3 Å². The summed E-state index contributed by atoms with van der Waals surface area (Å²) in [6.45, 7) is 2.24. The van der Waals surface area contributed by atoms with Gasteiger partial charge in [-0.2, -0.15) is 0 Å². The maximum atomic E-state index is 9.76. The summed E-state index contributed by atoms with van der Waals surface area (Å²) in [6, 6.07) is 7.92. The minimum absolute atomic E-state index is 0.209. The third kappa shape index (κ3) is 3.48. The van der Waals surface area contributed by atoms with Gasteiger partial charge in [0.1, 0.15) is 0 Å². The molecule has 0 aliphatic rings. The topological polar surface area (TPSA) is 40.5 Å². The fraction of sp³-hybridized carbons (Fsp3) is 0.500. The van der Waals surface area contributed by atoms with E-state index in [0.29, 0.717) is 0 Å². The quantitative estimate of drug-likeness (QED) is 0.705. The molecule has 2 N–H and O–H groups in total. The van der Waals surface area contributed by atoms with Crippen LogP contribution in [0.2, 0.25) is 0 Å². The van der Waals surface area contributed by atoms with E-state index >= 15 is 0 Å². The fourth-order valence-corrected chi connectivity index (χ4v) is 1.40. The van der Waals surface area contributed by atoms with E-state index in [-0.39, 0.29) is 12.7 Å². The minimum Gasteiger partial charge on any atom is -0.396 e. The number of hydrogen-bond acceptors (Lipinski definition) is 2. The third-order valence-corrected chi connectivity index (χ3v) is 2.35. The van der Waals surface area contributed by atoms with Gasteiger partial charge in [0.25, 0.3) is 0 Å². The average Bonchev–Trinajstić information content (AvgIpc) is 2.19. The molecule has 2 heteroatoms. The van der Waals surface area contributed by atoms with Crippen LogP contribution in [0.5, 0.6) is 0 Å². The number of aliphatic hydroxyl groups excluding tert-OH is 2. The van der Waals surface area contributed by atoms with E-state index in [9.17, 15) is 5.11 Å². The first-order valence-electron chi connectivity index (χ1n) is 5.09. The molecule has 0 bridgehead atoms. The highest BCUT2D eigenvalue weighted by atomic mass is 16.3. The Balaban J connectivity index is 2.43. The number of rotatable bonds is 5. The summed E-state index contributed by atoms with van der Waals surface area (Å²) < 4.78 is 0. The van der Waals surface area contributed by atoms with Crippen molar-refractivity contribution in [1.82, 2.24) is 0 Å². The van der Waals surface area contributed by atoms with Gasteiger partial charge in [-0.05, 0) is 31.7 Å². The molecule has 1 atom stereocenters. The van der Waals surface area contributed by atoms with E-state index in [2.05, 4.69) is 0 Å². The summed E-state index contributed by atoms with van der Waals surface area (Å²) in [5.41, 5.74) is 2.17. The Morgan fingerprint density at radius 3 is 2.36 bits per heavy atom. The van der Waals surface area contributed by atoms with E-state index in [0.717, 1.165) is 24.8 Å². The molecule has 0 aliphatic carbocycles. The molecule has 14 heavy (non-hydrogen) atoms. The van der Waals surface area contributed by atoms with Crippen molar-refractivity contribution in [2.75, 3.05) is 6.61 Å². The highest BCUT2D eigenvalue weighted by Gasteiger charge is 2.05. The highest BCUT2D eigenvalue weighted by Crippen LogP contribution is 2.19. The third-order valence-electron chi connectivity index (χ3n) is 2.35. The summed E-state index contributed by atoms with van der Waals surface area (Å²) in [6.07, 6.45) is 1.97. The highest BCUT2D eigenvalue weighted by molar-refractivity contribution is 5.22. The van der Waals surface area contributed by atoms with Gasteiger partial charge in [0.2, 0.25) is 0 Å². The van der Waals surface area contributed by atoms with Gasteiger partial charge in [-0.1, -0.05) is 29.8 Å². The van der Waals surface area contributed by atoms with Crippen LogP contribution in [0.4, 0.5) is 0 Å². The number of aliphatic hydroxyl groups is 2. The van der Waals surface area contributed by atoms with Crippen LogP contribution < -0.4 is 0 Å². The second-order valence-corrected chi connectivity index (χ2v) is 3.65. The number of unbranched alkanes of at least 4 members (excludes halogenated alkanes) is 1. The second kappa shape index (κ2) is 5.78. The van der Waals surface area contributed by atoms with E-state index in [1.54, 1.807) is 0 Å². The number of benzene rings is 1. The zero-order chi connectivity index (χ0) is 10.4. The van der Waals surface area contributed by atoms with E-state index in [1.165, 1.54) is 5.56 Å². The molecule has 0 spiro atoms. The molecule has 0 aliphatic heterocycles. The van der Waals surface area contributed by atoms with Crippen molar-refractivity contribution in [2.24, 2.45) is 0 Å². The molecule has 0 unspecified atom stereocenters. The largest absolute Gasteiger partial charge is 0.396 e. The Hall–Kier alpha value is -0.860. The van der Waals surface area contributed by atoms with Gasteiger partial charge in [-0.3, -0.25) is 0 Å². The van der Waals surface area contributed by atoms with Crippen LogP contribution in [0.3, 0.4) is 0 Å². The van der Waals surface area contributed by atoms with Crippen LogP contribution in [0, 0.1) is 6.92 Å². The van der Waals surface area contributed by atoms with Gasteiger partial charge >= 0.3 is 0 Å². The maximum Gasteiger partial charge on any atom is 0.0790 e. The van der Waals surface area contributed by atoms with Gasteiger partial charge in [-0.15, -0.1) is 0 Å². The lowest BCUT2D eigenvalue weighted by molar-refractivity contribution is 0.159. The van der Waals surface area contributed by atoms with Crippen LogP contribution in [0.25, 0.3) is 0 Å². The molecule has 78 valence electrons. The van der Waals surface area contributed by atoms with Crippen molar-refractivity contribution in [3.8, 4) is 0 Å². The summed E-state index contributed by atoms with van der Waals surface area (Å²) >= 11 is 0. The summed E-state index contributed by atoms with van der Waals surface area (Å²) in [5.74, 6) is 0. The maximum absolute atomic E-state index is 9.76. The predicted octanol–water partition coefficient (Wildman–Crippen LogP) is 2.19. The molecule has 0 amide bonds. The smallest absolute Gasteiger partial charge is 0.0790 e. The van der Waals surface area contributed by atoms with Crippen LogP contribution in [0.15, 0.2) is 24.3 Å². The van der Waals surface area contributed by atoms with E-state index < -0.39 is 0 Å². The average molecular weight is 194 g/mol. The monoisotopic (exact) mass is 194 g/mol. The predicted molar refractivity (Wildman–Crippen MR) is 57.1 cm³/mol. The fourth-order valence-electron chi connectivity index (χ4n) is 1.40. The van der Waals surface area contributed by atoms with Crippen molar-refractivity contribution < 1.29 is 10.2 Å². The van der Waals surface area contributed by atoms with E-state index in [4.69, 9.17) is 5.11 Å². The Labute approximate surface area is 85.2 Å². The molecule has 0 fully saturated rings. The molecule has 1 rings (SSSR count). The molecule has 1 aromatic carbocycles. The zero-order valence-electron chi connectivity index (χ0n) is 8.61. The molecular weight excluding hydrogens is 176 g/mol. The first-order valence-corrected chi connectivity index (χ1v) is 5.09. The first kappa shape index (κ1) is 11.2. The lowest BCUT2D eigenvalue weighted by Gasteiger charge is -2.10. The standard InChI is InChI=1S/C12H18O2/c1-10-5-7-11(8-6-10)12(14)4-2-3-9-13/h5-8,12-14H,2-4,9H2,1H3/t12-/m0/s1. The van der Waals surface area contributed by atoms with Crippen molar-refractivity contribution in [1.29, 1.82) is 0 Å². The Bertz CT molecular complexity index is 254. The Kier molecular flexibility index (Phi) is 4.63. The Morgan fingerprint density at radius 1 is 1.14 bits per heavy atom. The molecule has 2 nitrogen and oxygen atoms in total. The van der Waals surface area contributed by atoms with Gasteiger partial charge in [-0.25, -0.2) is 0 Å². The number of aryl methyl sites for hydroxylation is 1. The van der Waals surface area contributed by atoms with Gasteiger partial charge in [0.05, 0.1) is 6.10 Å². The first-order chi connectivity index (χ1) is 6.74. The molecule has 0 saturated heterocycles. The van der Waals surface area contributed by atoms with Gasteiger partial charge < -0.3 is 10.2 Å². The molecule has 0 heterocycles. The lowest BCUT2D eigenvalue weighted by atomic mass is 10.0. The Morgan fingerprint density at radius 2 is 1.79 bits per heavy atom. The van der Waals surface area contributed by atoms with Crippen LogP contribution in [0.1, 0.15) is 36.5 Å². The summed E-state index contributed by atoms with van der Waals surface area (Å²) in [7, 11) is 0. The van der Waals surface area contributed by atoms with E-state index in [1.807, 2.05) is 31.2 Å². The van der Waals surface area contributed by atoms with Crippen molar-refractivity contribution >= 4 is 0 Å². The van der Waals surface area contributed by atoms with Gasteiger partial charge in [0.15, 0.2) is 0 Å².